The van der Waals surface area contributed by atoms with E-state index in [0.717, 1.165) is 5.69 Å². The summed E-state index contributed by atoms with van der Waals surface area (Å²) in [6.45, 7) is 4.32. The number of hydrogen-bond acceptors (Lipinski definition) is 2. The van der Waals surface area contributed by atoms with Gasteiger partial charge < -0.3 is 5.32 Å². The molecular formula is C12H12N2. The zero-order valence-electron chi connectivity index (χ0n) is 8.33. The van der Waals surface area contributed by atoms with Gasteiger partial charge >= 0.3 is 0 Å². The lowest BCUT2D eigenvalue weighted by atomic mass is 10.00. The number of benzene rings is 1. The number of anilines is 1. The van der Waals surface area contributed by atoms with Gasteiger partial charge in [0.05, 0.1) is 11.2 Å². The van der Waals surface area contributed by atoms with E-state index >= 15 is 0 Å². The molecule has 1 aliphatic heterocycles. The molecule has 0 aliphatic carbocycles. The normalized spacial score (nSPS) is 17.0. The highest BCUT2D eigenvalue weighted by Crippen LogP contribution is 2.40. The average molecular weight is 184 g/mol. The average Bonchev–Trinajstić information content (AvgIpc) is 2.41. The van der Waals surface area contributed by atoms with E-state index in [1.54, 1.807) is 0 Å². The first-order valence-electron chi connectivity index (χ1n) is 4.85. The Hall–Kier alpha value is -1.57. The van der Waals surface area contributed by atoms with Gasteiger partial charge in [0, 0.05) is 17.3 Å². The van der Waals surface area contributed by atoms with E-state index in [2.05, 4.69) is 48.4 Å². The Kier molecular flexibility index (Phi) is 1.26. The van der Waals surface area contributed by atoms with Gasteiger partial charge in [-0.2, -0.15) is 0 Å². The topological polar surface area (TPSA) is 24.9 Å². The molecule has 0 fully saturated rings. The highest BCUT2D eigenvalue weighted by Gasteiger charge is 2.31. The maximum absolute atomic E-state index is 4.47. The molecule has 0 unspecified atom stereocenters. The second kappa shape index (κ2) is 2.27. The summed E-state index contributed by atoms with van der Waals surface area (Å²) in [4.78, 5) is 4.47. The van der Waals surface area contributed by atoms with Gasteiger partial charge in [-0.25, -0.2) is 0 Å². The van der Waals surface area contributed by atoms with E-state index in [1.807, 2.05) is 6.20 Å². The maximum Gasteiger partial charge on any atom is 0.0750 e. The highest BCUT2D eigenvalue weighted by molar-refractivity contribution is 5.99. The van der Waals surface area contributed by atoms with Gasteiger partial charge in [-0.3, -0.25) is 4.98 Å². The first kappa shape index (κ1) is 7.80. The van der Waals surface area contributed by atoms with Crippen molar-refractivity contribution >= 4 is 16.5 Å². The van der Waals surface area contributed by atoms with Crippen molar-refractivity contribution in [1.82, 2.24) is 4.98 Å². The molecule has 0 radical (unpaired) electrons. The van der Waals surface area contributed by atoms with Crippen molar-refractivity contribution in [1.29, 1.82) is 0 Å². The van der Waals surface area contributed by atoms with Gasteiger partial charge in [-0.05, 0) is 31.4 Å². The van der Waals surface area contributed by atoms with Crippen molar-refractivity contribution in [3.63, 3.8) is 0 Å². The lowest BCUT2D eigenvalue weighted by Gasteiger charge is -2.19. The van der Waals surface area contributed by atoms with E-state index in [4.69, 9.17) is 0 Å². The third-order valence-electron chi connectivity index (χ3n) is 2.83. The van der Waals surface area contributed by atoms with Gasteiger partial charge in [0.15, 0.2) is 0 Å². The van der Waals surface area contributed by atoms with Crippen LogP contribution in [-0.4, -0.2) is 4.98 Å². The summed E-state index contributed by atoms with van der Waals surface area (Å²) in [5.41, 5.74) is 2.32. The fraction of sp³-hybridized carbons (Fsp3) is 0.250. The van der Waals surface area contributed by atoms with Crippen LogP contribution in [0, 0.1) is 0 Å². The first-order valence-corrected chi connectivity index (χ1v) is 4.85. The Labute approximate surface area is 83.0 Å². The number of rotatable bonds is 0. The molecule has 2 heterocycles. The van der Waals surface area contributed by atoms with Crippen LogP contribution in [0.1, 0.15) is 19.5 Å². The Balaban J connectivity index is 2.50. The SMILES string of the molecule is CC1(C)Nc2cccc3ccnc1c23. The van der Waals surface area contributed by atoms with E-state index in [0.29, 0.717) is 0 Å². The standard InChI is InChI=1S/C12H12N2/c1-12(2)11-10-8(6-7-13-11)4-3-5-9(10)14-12/h3-7,14H,1-2H3. The molecule has 0 saturated heterocycles. The van der Waals surface area contributed by atoms with E-state index < -0.39 is 0 Å². The Bertz CT molecular complexity index is 509. The lowest BCUT2D eigenvalue weighted by molar-refractivity contribution is 0.608. The fourth-order valence-electron chi connectivity index (χ4n) is 2.20. The molecule has 70 valence electrons. The number of pyridine rings is 1. The van der Waals surface area contributed by atoms with Crippen molar-refractivity contribution in [2.75, 3.05) is 5.32 Å². The summed E-state index contributed by atoms with van der Waals surface area (Å²) in [5, 5.41) is 6.03. The minimum Gasteiger partial charge on any atom is -0.374 e. The second-order valence-corrected chi connectivity index (χ2v) is 4.31. The fourth-order valence-corrected chi connectivity index (χ4v) is 2.20. The molecule has 0 spiro atoms. The zero-order valence-corrected chi connectivity index (χ0v) is 8.33. The second-order valence-electron chi connectivity index (χ2n) is 4.31. The third-order valence-corrected chi connectivity index (χ3v) is 2.83. The molecule has 0 atom stereocenters. The molecule has 0 amide bonds. The number of hydrogen-bond donors (Lipinski definition) is 1. The minimum absolute atomic E-state index is 0.0385. The van der Waals surface area contributed by atoms with Gasteiger partial charge in [0.2, 0.25) is 0 Å². The minimum atomic E-state index is -0.0385. The maximum atomic E-state index is 4.47. The zero-order chi connectivity index (χ0) is 9.76. The summed E-state index contributed by atoms with van der Waals surface area (Å²) in [6.07, 6.45) is 1.89. The molecule has 1 aromatic carbocycles. The Morgan fingerprint density at radius 2 is 2.07 bits per heavy atom. The number of aromatic nitrogens is 1. The number of nitrogens with zero attached hydrogens (tertiary/aromatic N) is 1. The molecule has 2 aromatic rings. The summed E-state index contributed by atoms with van der Waals surface area (Å²) in [7, 11) is 0. The van der Waals surface area contributed by atoms with E-state index in [9.17, 15) is 0 Å². The van der Waals surface area contributed by atoms with Crippen LogP contribution in [0.25, 0.3) is 10.8 Å². The van der Waals surface area contributed by atoms with Crippen molar-refractivity contribution < 1.29 is 0 Å². The highest BCUT2D eigenvalue weighted by atomic mass is 15.0. The predicted octanol–water partition coefficient (Wildman–Crippen LogP) is 2.90. The van der Waals surface area contributed by atoms with E-state index in [-0.39, 0.29) is 5.54 Å². The van der Waals surface area contributed by atoms with Crippen LogP contribution in [0.4, 0.5) is 5.69 Å². The van der Waals surface area contributed by atoms with Crippen LogP contribution in [-0.2, 0) is 5.54 Å². The summed E-state index contributed by atoms with van der Waals surface area (Å²) >= 11 is 0. The van der Waals surface area contributed by atoms with Crippen LogP contribution >= 0.6 is 0 Å². The van der Waals surface area contributed by atoms with Crippen LogP contribution in [0.2, 0.25) is 0 Å². The summed E-state index contributed by atoms with van der Waals surface area (Å²) < 4.78 is 0. The van der Waals surface area contributed by atoms with Crippen molar-refractivity contribution in [2.45, 2.75) is 19.4 Å². The van der Waals surface area contributed by atoms with Crippen LogP contribution in [0.3, 0.4) is 0 Å². The largest absolute Gasteiger partial charge is 0.374 e. The molecule has 1 aliphatic rings. The molecule has 2 nitrogen and oxygen atoms in total. The van der Waals surface area contributed by atoms with Crippen molar-refractivity contribution in [3.8, 4) is 0 Å². The molecule has 2 heteroatoms. The first-order chi connectivity index (χ1) is 6.68. The summed E-state index contributed by atoms with van der Waals surface area (Å²) in [5.74, 6) is 0. The third kappa shape index (κ3) is 0.830. The predicted molar refractivity (Wildman–Crippen MR) is 58.4 cm³/mol. The number of nitrogens with one attached hydrogen (secondary N) is 1. The quantitative estimate of drug-likeness (QED) is 0.681. The van der Waals surface area contributed by atoms with Gasteiger partial charge in [0.1, 0.15) is 0 Å². The Morgan fingerprint density at radius 1 is 1.21 bits per heavy atom. The Morgan fingerprint density at radius 3 is 2.93 bits per heavy atom. The monoisotopic (exact) mass is 184 g/mol. The molecular weight excluding hydrogens is 172 g/mol. The van der Waals surface area contributed by atoms with Crippen LogP contribution in [0.15, 0.2) is 30.5 Å². The van der Waals surface area contributed by atoms with Crippen LogP contribution < -0.4 is 5.32 Å². The van der Waals surface area contributed by atoms with Crippen molar-refractivity contribution in [2.24, 2.45) is 0 Å². The lowest BCUT2D eigenvalue weighted by Crippen LogP contribution is -2.24. The summed E-state index contributed by atoms with van der Waals surface area (Å²) in [6, 6.07) is 8.39. The molecule has 1 N–H and O–H groups in total. The van der Waals surface area contributed by atoms with Gasteiger partial charge in [-0.1, -0.05) is 12.1 Å². The molecule has 1 aromatic heterocycles. The van der Waals surface area contributed by atoms with E-state index in [1.165, 1.54) is 16.5 Å². The molecule has 3 rings (SSSR count). The van der Waals surface area contributed by atoms with Crippen molar-refractivity contribution in [3.05, 3.63) is 36.2 Å². The molecule has 0 bridgehead atoms. The molecule has 14 heavy (non-hydrogen) atoms. The van der Waals surface area contributed by atoms with Gasteiger partial charge in [-0.15, -0.1) is 0 Å². The smallest absolute Gasteiger partial charge is 0.0750 e. The van der Waals surface area contributed by atoms with Gasteiger partial charge in [0.25, 0.3) is 0 Å². The van der Waals surface area contributed by atoms with Crippen LogP contribution in [0.5, 0.6) is 0 Å². The molecule has 0 saturated carbocycles.